The van der Waals surface area contributed by atoms with E-state index in [1.807, 2.05) is 43.0 Å². The first-order valence-electron chi connectivity index (χ1n) is 9.44. The van der Waals surface area contributed by atoms with Crippen LogP contribution < -0.4 is 9.47 Å². The van der Waals surface area contributed by atoms with Crippen LogP contribution >= 0.6 is 0 Å². The molecule has 0 saturated carbocycles. The summed E-state index contributed by atoms with van der Waals surface area (Å²) >= 11 is 0. The Hall–Kier alpha value is -2.49. The van der Waals surface area contributed by atoms with Crippen molar-refractivity contribution < 1.29 is 14.3 Å². The second-order valence-corrected chi connectivity index (χ2v) is 6.48. The topological polar surface area (TPSA) is 38.8 Å². The minimum Gasteiger partial charge on any atom is -0.490 e. The minimum atomic E-state index is 0.214. The maximum atomic E-state index is 12.6. The normalized spacial score (nSPS) is 13.2. The molecule has 0 unspecified atom stereocenters. The van der Waals surface area contributed by atoms with E-state index in [1.165, 1.54) is 11.1 Å². The van der Waals surface area contributed by atoms with E-state index in [-0.39, 0.29) is 5.91 Å². The van der Waals surface area contributed by atoms with Crippen LogP contribution in [0.15, 0.2) is 42.5 Å². The summed E-state index contributed by atoms with van der Waals surface area (Å²) in [5.74, 6) is 1.79. The van der Waals surface area contributed by atoms with Gasteiger partial charge in [-0.15, -0.1) is 0 Å². The Balaban J connectivity index is 1.68. The van der Waals surface area contributed by atoms with Gasteiger partial charge in [0.05, 0.1) is 13.2 Å². The van der Waals surface area contributed by atoms with Crippen LogP contribution in [0.3, 0.4) is 0 Å². The van der Waals surface area contributed by atoms with Crippen molar-refractivity contribution in [1.29, 1.82) is 0 Å². The number of nitrogens with zero attached hydrogens (tertiary/aromatic N) is 1. The number of hydrogen-bond acceptors (Lipinski definition) is 3. The van der Waals surface area contributed by atoms with E-state index >= 15 is 0 Å². The van der Waals surface area contributed by atoms with E-state index in [0.717, 1.165) is 36.4 Å². The Morgan fingerprint density at radius 1 is 1.00 bits per heavy atom. The Morgan fingerprint density at radius 3 is 2.31 bits per heavy atom. The van der Waals surface area contributed by atoms with Gasteiger partial charge >= 0.3 is 0 Å². The third-order valence-corrected chi connectivity index (χ3v) is 4.70. The van der Waals surface area contributed by atoms with Crippen molar-refractivity contribution in [2.24, 2.45) is 0 Å². The fourth-order valence-corrected chi connectivity index (χ4v) is 3.37. The monoisotopic (exact) mass is 353 g/mol. The van der Waals surface area contributed by atoms with Crippen LogP contribution in [0.4, 0.5) is 0 Å². The number of hydrogen-bond donors (Lipinski definition) is 0. The lowest BCUT2D eigenvalue weighted by Crippen LogP contribution is -2.36. The molecule has 0 atom stereocenters. The van der Waals surface area contributed by atoms with Crippen molar-refractivity contribution in [2.45, 2.75) is 39.7 Å². The van der Waals surface area contributed by atoms with Crippen molar-refractivity contribution in [3.8, 4) is 11.5 Å². The molecule has 26 heavy (non-hydrogen) atoms. The zero-order chi connectivity index (χ0) is 18.4. The largest absolute Gasteiger partial charge is 0.490 e. The van der Waals surface area contributed by atoms with Crippen LogP contribution in [0.25, 0.3) is 0 Å². The first kappa shape index (κ1) is 18.3. The van der Waals surface area contributed by atoms with Gasteiger partial charge in [-0.05, 0) is 55.5 Å². The summed E-state index contributed by atoms with van der Waals surface area (Å²) in [5, 5.41) is 0. The molecule has 1 amide bonds. The molecule has 1 aliphatic rings. The fourth-order valence-electron chi connectivity index (χ4n) is 3.37. The second-order valence-electron chi connectivity index (χ2n) is 6.48. The number of aryl methyl sites for hydroxylation is 1. The average molecular weight is 353 g/mol. The van der Waals surface area contributed by atoms with E-state index in [1.54, 1.807) is 0 Å². The summed E-state index contributed by atoms with van der Waals surface area (Å²) < 4.78 is 11.4. The van der Waals surface area contributed by atoms with Crippen molar-refractivity contribution >= 4 is 5.91 Å². The highest BCUT2D eigenvalue weighted by Gasteiger charge is 2.22. The zero-order valence-corrected chi connectivity index (χ0v) is 15.7. The molecule has 0 saturated heterocycles. The molecule has 4 heteroatoms. The molecule has 138 valence electrons. The molecule has 0 radical (unpaired) electrons. The van der Waals surface area contributed by atoms with Crippen LogP contribution in [-0.4, -0.2) is 30.6 Å². The van der Waals surface area contributed by atoms with Gasteiger partial charge in [0.1, 0.15) is 0 Å². The highest BCUT2D eigenvalue weighted by molar-refractivity contribution is 5.77. The summed E-state index contributed by atoms with van der Waals surface area (Å²) in [4.78, 5) is 14.6. The molecule has 2 aromatic rings. The van der Waals surface area contributed by atoms with E-state index in [4.69, 9.17) is 9.47 Å². The number of ether oxygens (including phenoxy) is 2. The van der Waals surface area contributed by atoms with E-state index < -0.39 is 0 Å². The van der Waals surface area contributed by atoms with Crippen LogP contribution in [0, 0.1) is 0 Å². The van der Waals surface area contributed by atoms with Gasteiger partial charge in [-0.25, -0.2) is 0 Å². The standard InChI is InChI=1S/C22H27NO3/c1-3-25-20-14-18-12-13-23(16-19(18)15-21(20)26-4-2)22(24)11-10-17-8-6-5-7-9-17/h5-9,14-15H,3-4,10-13,16H2,1-2H3. The summed E-state index contributed by atoms with van der Waals surface area (Å²) in [6, 6.07) is 14.3. The number of benzene rings is 2. The lowest BCUT2D eigenvalue weighted by Gasteiger charge is -2.30. The lowest BCUT2D eigenvalue weighted by molar-refractivity contribution is -0.132. The van der Waals surface area contributed by atoms with Gasteiger partial charge in [0, 0.05) is 19.5 Å². The van der Waals surface area contributed by atoms with Crippen LogP contribution in [0.5, 0.6) is 11.5 Å². The summed E-state index contributed by atoms with van der Waals surface area (Å²) in [6.45, 7) is 6.56. The second kappa shape index (κ2) is 8.75. The SMILES string of the molecule is CCOc1cc2c(cc1OCC)CN(C(=O)CCc1ccccc1)CC2. The molecule has 1 aliphatic heterocycles. The van der Waals surface area contributed by atoms with Crippen molar-refractivity contribution in [3.63, 3.8) is 0 Å². The smallest absolute Gasteiger partial charge is 0.223 e. The third-order valence-electron chi connectivity index (χ3n) is 4.70. The quantitative estimate of drug-likeness (QED) is 0.755. The average Bonchev–Trinajstić information content (AvgIpc) is 2.67. The molecular weight excluding hydrogens is 326 g/mol. The maximum absolute atomic E-state index is 12.6. The Labute approximate surface area is 155 Å². The predicted molar refractivity (Wildman–Crippen MR) is 103 cm³/mol. The molecule has 0 N–H and O–H groups in total. The molecule has 0 fully saturated rings. The summed E-state index contributed by atoms with van der Waals surface area (Å²) in [5.41, 5.74) is 3.62. The predicted octanol–water partition coefficient (Wildman–Crippen LogP) is 4.00. The van der Waals surface area contributed by atoms with E-state index in [2.05, 4.69) is 18.2 Å². The maximum Gasteiger partial charge on any atom is 0.223 e. The van der Waals surface area contributed by atoms with E-state index in [0.29, 0.717) is 26.2 Å². The lowest BCUT2D eigenvalue weighted by atomic mass is 9.98. The van der Waals surface area contributed by atoms with Gasteiger partial charge in [-0.2, -0.15) is 0 Å². The summed E-state index contributed by atoms with van der Waals surface area (Å²) in [6.07, 6.45) is 2.20. The Morgan fingerprint density at radius 2 is 1.65 bits per heavy atom. The van der Waals surface area contributed by atoms with Gasteiger partial charge in [0.25, 0.3) is 0 Å². The molecule has 1 heterocycles. The summed E-state index contributed by atoms with van der Waals surface area (Å²) in [7, 11) is 0. The molecule has 2 aromatic carbocycles. The molecular formula is C22H27NO3. The van der Waals surface area contributed by atoms with Crippen molar-refractivity contribution in [1.82, 2.24) is 4.90 Å². The van der Waals surface area contributed by atoms with Crippen molar-refractivity contribution in [3.05, 3.63) is 59.2 Å². The van der Waals surface area contributed by atoms with E-state index in [9.17, 15) is 4.79 Å². The van der Waals surface area contributed by atoms with Gasteiger partial charge in [-0.1, -0.05) is 30.3 Å². The van der Waals surface area contributed by atoms with Gasteiger partial charge in [0.15, 0.2) is 11.5 Å². The highest BCUT2D eigenvalue weighted by atomic mass is 16.5. The van der Waals surface area contributed by atoms with Gasteiger partial charge in [-0.3, -0.25) is 4.79 Å². The Bertz CT molecular complexity index is 743. The molecule has 3 rings (SSSR count). The van der Waals surface area contributed by atoms with Gasteiger partial charge in [0.2, 0.25) is 5.91 Å². The number of amides is 1. The molecule has 4 nitrogen and oxygen atoms in total. The van der Waals surface area contributed by atoms with Crippen molar-refractivity contribution in [2.75, 3.05) is 19.8 Å². The molecule has 0 spiro atoms. The van der Waals surface area contributed by atoms with Crippen LogP contribution in [0.2, 0.25) is 0 Å². The molecule has 0 bridgehead atoms. The van der Waals surface area contributed by atoms with Crippen LogP contribution in [-0.2, 0) is 24.2 Å². The highest BCUT2D eigenvalue weighted by Crippen LogP contribution is 2.34. The minimum absolute atomic E-state index is 0.214. The number of carbonyl (C=O) groups is 1. The third kappa shape index (κ3) is 4.37. The first-order chi connectivity index (χ1) is 12.7. The number of carbonyl (C=O) groups excluding carboxylic acids is 1. The Kier molecular flexibility index (Phi) is 6.16. The molecule has 0 aromatic heterocycles. The zero-order valence-electron chi connectivity index (χ0n) is 15.7. The molecule has 0 aliphatic carbocycles. The van der Waals surface area contributed by atoms with Crippen LogP contribution in [0.1, 0.15) is 37.0 Å². The fraction of sp³-hybridized carbons (Fsp3) is 0.409. The van der Waals surface area contributed by atoms with Gasteiger partial charge < -0.3 is 14.4 Å². The number of rotatable bonds is 7. The number of fused-ring (bicyclic) bond motifs is 1. The first-order valence-corrected chi connectivity index (χ1v) is 9.44.